The topological polar surface area (TPSA) is 115 Å². The fourth-order valence-corrected chi connectivity index (χ4v) is 7.38. The van der Waals surface area contributed by atoms with Crippen molar-refractivity contribution >= 4 is 79.6 Å². The molecule has 8 aromatic carbocycles. The molecule has 1 aliphatic rings. The van der Waals surface area contributed by atoms with Crippen LogP contribution in [0.1, 0.15) is 0 Å². The average molecular weight is 869 g/mol. The second-order valence-electron chi connectivity index (χ2n) is 15.8. The predicted molar refractivity (Wildman–Crippen MR) is 277 cm³/mol. The Hall–Kier alpha value is -8.76. The molecule has 0 atom stereocenters. The third kappa shape index (κ3) is 11.8. The fourth-order valence-electron chi connectivity index (χ4n) is 7.38. The van der Waals surface area contributed by atoms with Crippen molar-refractivity contribution < 1.29 is 9.47 Å². The SMILES string of the molecule is COc1ccc(Nc2ccc(Nc3ccc(Nc4ccc(NC5C=CC(Nc6ccc(Nc7ccc(Nc8ccc(Nc9ccc(OC)cc9)cc8)cc7)cc6)C=C5)cc4)cc3)cc2)cc1. The van der Waals surface area contributed by atoms with Gasteiger partial charge in [-0.15, -0.1) is 0 Å². The van der Waals surface area contributed by atoms with Crippen molar-refractivity contribution in [1.29, 1.82) is 0 Å². The highest BCUT2D eigenvalue weighted by molar-refractivity contribution is 5.71. The van der Waals surface area contributed by atoms with E-state index in [1.807, 2.05) is 48.5 Å². The van der Waals surface area contributed by atoms with E-state index in [2.05, 4.69) is 212 Å². The van der Waals surface area contributed by atoms with Gasteiger partial charge in [0.1, 0.15) is 11.5 Å². The lowest BCUT2D eigenvalue weighted by atomic mass is 10.1. The molecule has 66 heavy (non-hydrogen) atoms. The van der Waals surface area contributed by atoms with Gasteiger partial charge in [-0.05, 0) is 194 Å². The lowest BCUT2D eigenvalue weighted by Gasteiger charge is -2.21. The van der Waals surface area contributed by atoms with Crippen LogP contribution in [0, 0.1) is 0 Å². The van der Waals surface area contributed by atoms with Crippen molar-refractivity contribution in [2.24, 2.45) is 0 Å². The molecule has 0 spiro atoms. The van der Waals surface area contributed by atoms with Gasteiger partial charge in [-0.1, -0.05) is 24.3 Å². The normalized spacial score (nSPS) is 13.8. The molecule has 0 fully saturated rings. The van der Waals surface area contributed by atoms with Gasteiger partial charge in [-0.25, -0.2) is 0 Å². The molecule has 0 aliphatic heterocycles. The molecule has 328 valence electrons. The minimum absolute atomic E-state index is 0.101. The van der Waals surface area contributed by atoms with Crippen LogP contribution >= 0.6 is 0 Å². The first-order valence-electron chi connectivity index (χ1n) is 21.9. The highest BCUT2D eigenvalue weighted by atomic mass is 16.5. The summed E-state index contributed by atoms with van der Waals surface area (Å²) in [4.78, 5) is 0. The summed E-state index contributed by atoms with van der Waals surface area (Å²) in [7, 11) is 3.34. The molecule has 0 radical (unpaired) electrons. The smallest absolute Gasteiger partial charge is 0.119 e. The van der Waals surface area contributed by atoms with E-state index in [1.165, 1.54) is 0 Å². The summed E-state index contributed by atoms with van der Waals surface area (Å²) in [6, 6.07) is 65.8. The zero-order valence-electron chi connectivity index (χ0n) is 36.8. The number of anilines is 14. The molecule has 8 aromatic rings. The molecule has 10 nitrogen and oxygen atoms in total. The van der Waals surface area contributed by atoms with Crippen molar-refractivity contribution in [3.8, 4) is 11.5 Å². The van der Waals surface area contributed by atoms with E-state index in [-0.39, 0.29) is 12.1 Å². The van der Waals surface area contributed by atoms with Crippen molar-refractivity contribution in [3.63, 3.8) is 0 Å². The van der Waals surface area contributed by atoms with Gasteiger partial charge >= 0.3 is 0 Å². The maximum atomic E-state index is 5.25. The Morgan fingerprint density at radius 1 is 0.227 bits per heavy atom. The quantitative estimate of drug-likeness (QED) is 0.0397. The van der Waals surface area contributed by atoms with Gasteiger partial charge in [0, 0.05) is 79.6 Å². The molecule has 0 unspecified atom stereocenters. The summed E-state index contributed by atoms with van der Waals surface area (Å²) < 4.78 is 10.5. The number of ether oxygens (including phenoxy) is 2. The van der Waals surface area contributed by atoms with Crippen LogP contribution in [0.2, 0.25) is 0 Å². The third-order valence-electron chi connectivity index (χ3n) is 10.9. The second-order valence-corrected chi connectivity index (χ2v) is 15.8. The van der Waals surface area contributed by atoms with Crippen LogP contribution in [0.25, 0.3) is 0 Å². The van der Waals surface area contributed by atoms with Crippen molar-refractivity contribution in [3.05, 3.63) is 218 Å². The molecular formula is C56H52N8O2. The second kappa shape index (κ2) is 20.6. The molecule has 9 rings (SSSR count). The van der Waals surface area contributed by atoms with Crippen LogP contribution in [0.15, 0.2) is 218 Å². The molecule has 0 saturated heterocycles. The molecule has 0 heterocycles. The van der Waals surface area contributed by atoms with E-state index in [0.29, 0.717) is 0 Å². The van der Waals surface area contributed by atoms with E-state index >= 15 is 0 Å². The van der Waals surface area contributed by atoms with Crippen molar-refractivity contribution in [2.75, 3.05) is 56.8 Å². The number of hydrogen-bond donors (Lipinski definition) is 8. The average Bonchev–Trinajstić information content (AvgIpc) is 3.36. The van der Waals surface area contributed by atoms with Gasteiger partial charge in [-0.2, -0.15) is 0 Å². The summed E-state index contributed by atoms with van der Waals surface area (Å²) >= 11 is 0. The van der Waals surface area contributed by atoms with Gasteiger partial charge in [0.25, 0.3) is 0 Å². The number of hydrogen-bond acceptors (Lipinski definition) is 10. The Balaban J connectivity index is 0.680. The Labute approximate surface area is 386 Å². The number of rotatable bonds is 18. The summed E-state index contributed by atoms with van der Waals surface area (Å²) in [6.45, 7) is 0. The molecule has 0 amide bonds. The van der Waals surface area contributed by atoms with E-state index in [1.54, 1.807) is 14.2 Å². The van der Waals surface area contributed by atoms with Gasteiger partial charge in [0.15, 0.2) is 0 Å². The maximum Gasteiger partial charge on any atom is 0.119 e. The zero-order chi connectivity index (χ0) is 44.9. The largest absolute Gasteiger partial charge is 0.497 e. The van der Waals surface area contributed by atoms with Crippen LogP contribution in [-0.2, 0) is 0 Å². The van der Waals surface area contributed by atoms with Gasteiger partial charge in [-0.3, -0.25) is 0 Å². The number of methoxy groups -OCH3 is 2. The highest BCUT2D eigenvalue weighted by Crippen LogP contribution is 2.28. The minimum Gasteiger partial charge on any atom is -0.497 e. The van der Waals surface area contributed by atoms with E-state index < -0.39 is 0 Å². The first kappa shape index (κ1) is 42.5. The minimum atomic E-state index is 0.101. The number of nitrogens with one attached hydrogen (secondary N) is 8. The molecule has 8 N–H and O–H groups in total. The molecule has 0 saturated carbocycles. The molecule has 1 aliphatic carbocycles. The highest BCUT2D eigenvalue weighted by Gasteiger charge is 2.10. The number of benzene rings is 8. The van der Waals surface area contributed by atoms with Crippen molar-refractivity contribution in [2.45, 2.75) is 12.1 Å². The van der Waals surface area contributed by atoms with Gasteiger partial charge in [0.2, 0.25) is 0 Å². The Morgan fingerprint density at radius 2 is 0.379 bits per heavy atom. The first-order valence-corrected chi connectivity index (χ1v) is 21.9. The van der Waals surface area contributed by atoms with Crippen LogP contribution in [-0.4, -0.2) is 26.3 Å². The third-order valence-corrected chi connectivity index (χ3v) is 10.9. The zero-order valence-corrected chi connectivity index (χ0v) is 36.8. The summed E-state index contributed by atoms with van der Waals surface area (Å²) in [6.07, 6.45) is 8.77. The fraction of sp³-hybridized carbons (Fsp3) is 0.0714. The monoisotopic (exact) mass is 868 g/mol. The first-order chi connectivity index (χ1) is 32.5. The van der Waals surface area contributed by atoms with E-state index in [4.69, 9.17) is 9.47 Å². The summed E-state index contributed by atoms with van der Waals surface area (Å²) in [5, 5.41) is 28.0. The lowest BCUT2D eigenvalue weighted by Crippen LogP contribution is -2.22. The maximum absolute atomic E-state index is 5.25. The van der Waals surface area contributed by atoms with Gasteiger partial charge < -0.3 is 52.0 Å². The molecule has 0 aromatic heterocycles. The molecule has 10 heteroatoms. The van der Waals surface area contributed by atoms with E-state index in [0.717, 1.165) is 91.1 Å². The van der Waals surface area contributed by atoms with Crippen molar-refractivity contribution in [1.82, 2.24) is 0 Å². The summed E-state index contributed by atoms with van der Waals surface area (Å²) in [5.41, 5.74) is 14.3. The predicted octanol–water partition coefficient (Wildman–Crippen LogP) is 14.6. The Kier molecular flexibility index (Phi) is 13.3. The van der Waals surface area contributed by atoms with Gasteiger partial charge in [0.05, 0.1) is 26.3 Å². The summed E-state index contributed by atoms with van der Waals surface area (Å²) in [5.74, 6) is 1.67. The Bertz CT molecular complexity index is 2620. The Morgan fingerprint density at radius 3 is 0.545 bits per heavy atom. The molecular weight excluding hydrogens is 817 g/mol. The standard InChI is InChI=1S/C56H52N8O2/c1-65-55-35-31-53(32-36-55)63-51-27-23-49(24-28-51)61-47-19-15-45(16-20-47)59-43-11-7-41(8-12-43)57-39-3-5-40(6-4-39)58-42-9-13-44(14-10-42)60-46-17-21-48(22-18-46)62-50-25-29-52(30-26-50)64-54-33-37-56(66-2)38-34-54/h3-40,57-64H,1-2H3. The van der Waals surface area contributed by atoms with Crippen LogP contribution in [0.4, 0.5) is 79.6 Å². The van der Waals surface area contributed by atoms with Crippen LogP contribution in [0.5, 0.6) is 11.5 Å². The van der Waals surface area contributed by atoms with Crippen LogP contribution < -0.4 is 52.0 Å². The van der Waals surface area contributed by atoms with E-state index in [9.17, 15) is 0 Å². The van der Waals surface area contributed by atoms with Crippen LogP contribution in [0.3, 0.4) is 0 Å². The molecule has 0 bridgehead atoms. The lowest BCUT2D eigenvalue weighted by molar-refractivity contribution is 0.415.